The van der Waals surface area contributed by atoms with Crippen LogP contribution in [0.5, 0.6) is 0 Å². The highest BCUT2D eigenvalue weighted by Crippen LogP contribution is 2.19. The fourth-order valence-corrected chi connectivity index (χ4v) is 4.07. The number of sulfonamides is 1. The van der Waals surface area contributed by atoms with E-state index in [0.717, 1.165) is 51.5 Å². The maximum Gasteiger partial charge on any atom is 0.240 e. The largest absolute Gasteiger partial charge is 0.356 e. The molecule has 1 atom stereocenters. The van der Waals surface area contributed by atoms with Crippen LogP contribution in [-0.2, 0) is 14.8 Å². The highest BCUT2D eigenvalue weighted by atomic mass is 35.5. The predicted octanol–water partition coefficient (Wildman–Crippen LogP) is 3.10. The molecule has 0 saturated carbocycles. The molecule has 7 heteroatoms. The molecule has 0 radical (unpaired) electrons. The van der Waals surface area contributed by atoms with Crippen LogP contribution in [-0.4, -0.2) is 27.4 Å². The molecule has 0 spiro atoms. The average molecular weight is 373 g/mol. The van der Waals surface area contributed by atoms with Crippen molar-refractivity contribution in [2.24, 2.45) is 5.92 Å². The van der Waals surface area contributed by atoms with Gasteiger partial charge in [0, 0.05) is 24.0 Å². The molecule has 1 aromatic rings. The van der Waals surface area contributed by atoms with Crippen molar-refractivity contribution in [3.05, 3.63) is 29.3 Å². The van der Waals surface area contributed by atoms with E-state index in [0.29, 0.717) is 11.6 Å². The first-order valence-corrected chi connectivity index (χ1v) is 10.4. The van der Waals surface area contributed by atoms with Crippen molar-refractivity contribution in [3.8, 4) is 0 Å². The summed E-state index contributed by atoms with van der Waals surface area (Å²) >= 11 is 5.76. The topological polar surface area (TPSA) is 75.3 Å². The maximum atomic E-state index is 12.1. The second kappa shape index (κ2) is 9.39. The Morgan fingerprint density at radius 2 is 1.88 bits per heavy atom. The van der Waals surface area contributed by atoms with Crippen molar-refractivity contribution in [3.63, 3.8) is 0 Å². The smallest absolute Gasteiger partial charge is 0.240 e. The molecule has 0 aromatic heterocycles. The summed E-state index contributed by atoms with van der Waals surface area (Å²) in [4.78, 5) is 12.1. The monoisotopic (exact) mass is 372 g/mol. The van der Waals surface area contributed by atoms with Crippen LogP contribution in [0.2, 0.25) is 5.02 Å². The molecule has 1 fully saturated rings. The lowest BCUT2D eigenvalue weighted by molar-refractivity contribution is -0.124. The third kappa shape index (κ3) is 6.07. The summed E-state index contributed by atoms with van der Waals surface area (Å²) in [6, 6.07) is 6.12. The number of rotatable bonds is 8. The van der Waals surface area contributed by atoms with Gasteiger partial charge in [0.05, 0.1) is 4.90 Å². The van der Waals surface area contributed by atoms with E-state index in [1.165, 1.54) is 12.1 Å². The molecule has 1 amide bonds. The van der Waals surface area contributed by atoms with Gasteiger partial charge in [0.1, 0.15) is 0 Å². The number of hydrogen-bond donors (Lipinski definition) is 2. The first-order valence-electron chi connectivity index (χ1n) is 8.52. The summed E-state index contributed by atoms with van der Waals surface area (Å²) in [7, 11) is -3.47. The molecule has 1 aliphatic rings. The second-order valence-electron chi connectivity index (χ2n) is 6.18. The summed E-state index contributed by atoms with van der Waals surface area (Å²) in [6.07, 6.45) is 6.64. The molecule has 0 aliphatic carbocycles. The third-order valence-corrected chi connectivity index (χ3v) is 6.02. The van der Waals surface area contributed by atoms with Crippen molar-refractivity contribution < 1.29 is 13.2 Å². The number of amides is 1. The Labute approximate surface area is 149 Å². The molecule has 1 aromatic carbocycles. The first-order chi connectivity index (χ1) is 11.5. The van der Waals surface area contributed by atoms with Crippen molar-refractivity contribution in [2.75, 3.05) is 13.1 Å². The maximum absolute atomic E-state index is 12.1. The molecule has 24 heavy (non-hydrogen) atoms. The minimum Gasteiger partial charge on any atom is -0.356 e. The van der Waals surface area contributed by atoms with Crippen LogP contribution in [0.25, 0.3) is 0 Å². The number of carbonyl (C=O) groups is 1. The Kier molecular flexibility index (Phi) is 7.52. The van der Waals surface area contributed by atoms with E-state index in [9.17, 15) is 13.2 Å². The van der Waals surface area contributed by atoms with Crippen molar-refractivity contribution >= 4 is 27.5 Å². The lowest BCUT2D eigenvalue weighted by Gasteiger charge is -2.12. The van der Waals surface area contributed by atoms with E-state index in [1.54, 1.807) is 12.1 Å². The number of hydrogen-bond acceptors (Lipinski definition) is 3. The van der Waals surface area contributed by atoms with E-state index in [4.69, 9.17) is 11.6 Å². The first kappa shape index (κ1) is 19.2. The molecule has 2 N–H and O–H groups in total. The molecule has 0 bridgehead atoms. The van der Waals surface area contributed by atoms with Gasteiger partial charge in [0.2, 0.25) is 15.9 Å². The Hall–Kier alpha value is -1.11. The van der Waals surface area contributed by atoms with Gasteiger partial charge in [-0.2, -0.15) is 0 Å². The normalized spacial score (nSPS) is 18.9. The SMILES string of the molecule is O=C1NCCCCC1CCCCCNS(=O)(=O)c1ccc(Cl)cc1. The van der Waals surface area contributed by atoms with E-state index in [1.807, 2.05) is 0 Å². The quantitative estimate of drug-likeness (QED) is 0.688. The summed E-state index contributed by atoms with van der Waals surface area (Å²) < 4.78 is 26.8. The van der Waals surface area contributed by atoms with Gasteiger partial charge in [-0.15, -0.1) is 0 Å². The summed E-state index contributed by atoms with van der Waals surface area (Å²) in [5, 5.41) is 3.46. The highest BCUT2D eigenvalue weighted by molar-refractivity contribution is 7.89. The van der Waals surface area contributed by atoms with E-state index >= 15 is 0 Å². The molecular formula is C17H25ClN2O3S. The fourth-order valence-electron chi connectivity index (χ4n) is 2.87. The molecule has 1 unspecified atom stereocenters. The van der Waals surface area contributed by atoms with Crippen molar-refractivity contribution in [1.82, 2.24) is 10.0 Å². The lowest BCUT2D eigenvalue weighted by Crippen LogP contribution is -2.28. The van der Waals surface area contributed by atoms with E-state index in [-0.39, 0.29) is 16.7 Å². The Morgan fingerprint density at radius 1 is 1.12 bits per heavy atom. The van der Waals surface area contributed by atoms with Crippen LogP contribution < -0.4 is 10.0 Å². The van der Waals surface area contributed by atoms with E-state index in [2.05, 4.69) is 10.0 Å². The molecule has 5 nitrogen and oxygen atoms in total. The van der Waals surface area contributed by atoms with Crippen LogP contribution in [0.15, 0.2) is 29.2 Å². The molecule has 1 aliphatic heterocycles. The summed E-state index contributed by atoms with van der Waals surface area (Å²) in [6.45, 7) is 1.20. The van der Waals surface area contributed by atoms with Crippen LogP contribution in [0.4, 0.5) is 0 Å². The van der Waals surface area contributed by atoms with Gasteiger partial charge in [-0.25, -0.2) is 13.1 Å². The number of benzene rings is 1. The Bertz CT molecular complexity index is 632. The zero-order chi connectivity index (χ0) is 17.4. The summed E-state index contributed by atoms with van der Waals surface area (Å²) in [5.41, 5.74) is 0. The van der Waals surface area contributed by atoms with Gasteiger partial charge >= 0.3 is 0 Å². The van der Waals surface area contributed by atoms with Crippen LogP contribution in [0.3, 0.4) is 0 Å². The Morgan fingerprint density at radius 3 is 2.62 bits per heavy atom. The predicted molar refractivity (Wildman–Crippen MR) is 95.5 cm³/mol. The van der Waals surface area contributed by atoms with Gasteiger partial charge in [-0.05, 0) is 49.9 Å². The Balaban J connectivity index is 1.65. The number of halogens is 1. The average Bonchev–Trinajstić information content (AvgIpc) is 2.76. The van der Waals surface area contributed by atoms with Crippen LogP contribution in [0.1, 0.15) is 44.9 Å². The zero-order valence-corrected chi connectivity index (χ0v) is 15.3. The van der Waals surface area contributed by atoms with Gasteiger partial charge in [-0.1, -0.05) is 30.9 Å². The standard InChI is InChI=1S/C17H25ClN2O3S/c18-15-8-10-16(11-9-15)24(22,23)20-13-4-1-2-6-14-7-3-5-12-19-17(14)21/h8-11,14,20H,1-7,12-13H2,(H,19,21). The number of unbranched alkanes of at least 4 members (excludes halogenated alkanes) is 2. The second-order valence-corrected chi connectivity index (χ2v) is 8.39. The zero-order valence-electron chi connectivity index (χ0n) is 13.8. The lowest BCUT2D eigenvalue weighted by atomic mass is 9.96. The minimum absolute atomic E-state index is 0.123. The molecule has 1 heterocycles. The third-order valence-electron chi connectivity index (χ3n) is 4.29. The van der Waals surface area contributed by atoms with Gasteiger partial charge in [0.25, 0.3) is 0 Å². The highest BCUT2D eigenvalue weighted by Gasteiger charge is 2.19. The molecule has 1 saturated heterocycles. The van der Waals surface area contributed by atoms with E-state index < -0.39 is 10.0 Å². The minimum atomic E-state index is -3.47. The fraction of sp³-hybridized carbons (Fsp3) is 0.588. The van der Waals surface area contributed by atoms with Gasteiger partial charge < -0.3 is 5.32 Å². The number of carbonyl (C=O) groups excluding carboxylic acids is 1. The van der Waals surface area contributed by atoms with Gasteiger partial charge in [-0.3, -0.25) is 4.79 Å². The van der Waals surface area contributed by atoms with Crippen LogP contribution >= 0.6 is 11.6 Å². The van der Waals surface area contributed by atoms with Crippen LogP contribution in [0, 0.1) is 5.92 Å². The summed E-state index contributed by atoms with van der Waals surface area (Å²) in [5.74, 6) is 0.300. The molecule has 2 rings (SSSR count). The molecular weight excluding hydrogens is 348 g/mol. The van der Waals surface area contributed by atoms with Crippen molar-refractivity contribution in [1.29, 1.82) is 0 Å². The van der Waals surface area contributed by atoms with Gasteiger partial charge in [0.15, 0.2) is 0 Å². The molecule has 134 valence electrons. The van der Waals surface area contributed by atoms with Crippen molar-refractivity contribution in [2.45, 2.75) is 49.8 Å². The number of nitrogens with one attached hydrogen (secondary N) is 2.